The van der Waals surface area contributed by atoms with E-state index in [4.69, 9.17) is 27.9 Å². The van der Waals surface area contributed by atoms with Crippen molar-refractivity contribution in [1.82, 2.24) is 9.80 Å². The average Bonchev–Trinajstić information content (AvgIpc) is 3.43. The zero-order chi connectivity index (χ0) is 30.1. The number of rotatable bonds is 8. The number of aryl methyl sites for hydroxylation is 2. The van der Waals surface area contributed by atoms with E-state index in [1.165, 1.54) is 0 Å². The first-order chi connectivity index (χ1) is 20.1. The zero-order valence-electron chi connectivity index (χ0n) is 24.5. The number of aliphatic carboxylic acids is 1. The highest BCUT2D eigenvalue weighted by Crippen LogP contribution is 2.42. The molecule has 2 heterocycles. The summed E-state index contributed by atoms with van der Waals surface area (Å²) in [5.74, 6) is 0.0614. The molecule has 3 aromatic rings. The highest BCUT2D eigenvalue weighted by Gasteiger charge is 2.45. The van der Waals surface area contributed by atoms with E-state index in [0.29, 0.717) is 54.6 Å². The van der Waals surface area contributed by atoms with Crippen molar-refractivity contribution < 1.29 is 19.4 Å². The summed E-state index contributed by atoms with van der Waals surface area (Å²) in [5.41, 5.74) is 3.35. The lowest BCUT2D eigenvalue weighted by Crippen LogP contribution is -2.48. The van der Waals surface area contributed by atoms with Gasteiger partial charge in [0, 0.05) is 24.1 Å². The Labute approximate surface area is 258 Å². The number of likely N-dealkylation sites (tertiary alicyclic amines) is 2. The van der Waals surface area contributed by atoms with Crippen molar-refractivity contribution in [3.8, 4) is 5.75 Å². The van der Waals surface area contributed by atoms with E-state index in [2.05, 4.69) is 4.90 Å². The van der Waals surface area contributed by atoms with E-state index in [1.54, 1.807) is 7.11 Å². The number of ether oxygens (including phenoxy) is 1. The van der Waals surface area contributed by atoms with Crippen LogP contribution in [0.5, 0.6) is 5.75 Å². The molecule has 1 amide bonds. The fourth-order valence-electron chi connectivity index (χ4n) is 6.95. The van der Waals surface area contributed by atoms with Crippen molar-refractivity contribution in [3.63, 3.8) is 0 Å². The molecular weight excluding hydrogens is 571 g/mol. The molecule has 2 fully saturated rings. The Morgan fingerprint density at radius 1 is 0.881 bits per heavy atom. The summed E-state index contributed by atoms with van der Waals surface area (Å²) in [7, 11) is 1.65. The van der Waals surface area contributed by atoms with Gasteiger partial charge in [-0.3, -0.25) is 9.59 Å². The van der Waals surface area contributed by atoms with Gasteiger partial charge in [-0.15, -0.1) is 0 Å². The number of halogens is 2. The molecule has 0 aromatic heterocycles. The van der Waals surface area contributed by atoms with Crippen LogP contribution >= 0.6 is 23.2 Å². The SMILES string of the molecule is COc1c(C)cc(C(=O)N2CCC(CCN3CCC(C(=O)O)(c4ccccc4)CC3)(c3ccc(Cl)c(Cl)c3)C2)cc1C. The second-order valence-corrected chi connectivity index (χ2v) is 12.7. The van der Waals surface area contributed by atoms with Crippen LogP contribution in [0.4, 0.5) is 0 Å². The molecule has 2 saturated heterocycles. The van der Waals surface area contributed by atoms with Crippen LogP contribution in [0, 0.1) is 13.8 Å². The van der Waals surface area contributed by atoms with Gasteiger partial charge < -0.3 is 19.6 Å². The lowest BCUT2D eigenvalue weighted by Gasteiger charge is -2.40. The van der Waals surface area contributed by atoms with Crippen LogP contribution < -0.4 is 4.74 Å². The van der Waals surface area contributed by atoms with E-state index >= 15 is 0 Å². The summed E-state index contributed by atoms with van der Waals surface area (Å²) in [4.78, 5) is 30.5. The van der Waals surface area contributed by atoms with E-state index in [9.17, 15) is 14.7 Å². The van der Waals surface area contributed by atoms with Crippen molar-refractivity contribution in [2.45, 2.75) is 50.4 Å². The largest absolute Gasteiger partial charge is 0.496 e. The number of carboxylic acids is 1. The molecule has 0 aliphatic carbocycles. The average molecular weight is 610 g/mol. The second-order valence-electron chi connectivity index (χ2n) is 11.9. The van der Waals surface area contributed by atoms with Crippen LogP contribution in [0.3, 0.4) is 0 Å². The van der Waals surface area contributed by atoms with E-state index in [1.807, 2.05) is 79.4 Å². The molecule has 3 aromatic carbocycles. The maximum atomic E-state index is 13.7. The topological polar surface area (TPSA) is 70.1 Å². The first-order valence-electron chi connectivity index (χ1n) is 14.5. The van der Waals surface area contributed by atoms with Gasteiger partial charge in [0.15, 0.2) is 0 Å². The summed E-state index contributed by atoms with van der Waals surface area (Å²) in [6.07, 6.45) is 2.75. The summed E-state index contributed by atoms with van der Waals surface area (Å²) < 4.78 is 5.50. The fourth-order valence-corrected chi connectivity index (χ4v) is 7.25. The van der Waals surface area contributed by atoms with Gasteiger partial charge in [0.05, 0.1) is 22.6 Å². The van der Waals surface area contributed by atoms with Crippen LogP contribution in [0.2, 0.25) is 10.0 Å². The van der Waals surface area contributed by atoms with Crippen LogP contribution in [0.1, 0.15) is 58.3 Å². The Morgan fingerprint density at radius 2 is 1.55 bits per heavy atom. The lowest BCUT2D eigenvalue weighted by molar-refractivity contribution is -0.146. The van der Waals surface area contributed by atoms with Crippen molar-refractivity contribution in [2.24, 2.45) is 0 Å². The Kier molecular flexibility index (Phi) is 8.89. The summed E-state index contributed by atoms with van der Waals surface area (Å²) >= 11 is 12.8. The monoisotopic (exact) mass is 608 g/mol. The Bertz CT molecular complexity index is 1450. The van der Waals surface area contributed by atoms with Crippen molar-refractivity contribution in [3.05, 3.63) is 98.5 Å². The molecule has 1 atom stereocenters. The molecule has 2 aliphatic heterocycles. The van der Waals surface area contributed by atoms with Crippen molar-refractivity contribution >= 4 is 35.1 Å². The number of carbonyl (C=O) groups is 2. The van der Waals surface area contributed by atoms with Crippen molar-refractivity contribution in [2.75, 3.05) is 39.8 Å². The summed E-state index contributed by atoms with van der Waals surface area (Å²) in [5, 5.41) is 11.2. The molecule has 5 rings (SSSR count). The number of nitrogens with zero attached hydrogens (tertiary/aromatic N) is 2. The molecule has 0 saturated carbocycles. The normalized spacial score (nSPS) is 20.5. The summed E-state index contributed by atoms with van der Waals surface area (Å²) in [6, 6.07) is 19.2. The van der Waals surface area contributed by atoms with Gasteiger partial charge >= 0.3 is 5.97 Å². The van der Waals surface area contributed by atoms with Crippen LogP contribution in [0.15, 0.2) is 60.7 Å². The molecule has 1 unspecified atom stereocenters. The zero-order valence-corrected chi connectivity index (χ0v) is 26.0. The molecule has 0 bridgehead atoms. The molecule has 0 radical (unpaired) electrons. The third-order valence-electron chi connectivity index (χ3n) is 9.44. The maximum Gasteiger partial charge on any atom is 0.314 e. The smallest absolute Gasteiger partial charge is 0.314 e. The second kappa shape index (κ2) is 12.3. The third-order valence-corrected chi connectivity index (χ3v) is 10.2. The minimum Gasteiger partial charge on any atom is -0.496 e. The number of piperidine rings is 1. The first kappa shape index (κ1) is 30.4. The minimum absolute atomic E-state index is 0.0119. The van der Waals surface area contributed by atoms with Crippen LogP contribution in [0.25, 0.3) is 0 Å². The molecule has 1 N–H and O–H groups in total. The van der Waals surface area contributed by atoms with E-state index in [0.717, 1.165) is 47.4 Å². The summed E-state index contributed by atoms with van der Waals surface area (Å²) in [6.45, 7) is 7.33. The molecule has 42 heavy (non-hydrogen) atoms. The van der Waals surface area contributed by atoms with Gasteiger partial charge in [0.2, 0.25) is 0 Å². The standard InChI is InChI=1S/C34H38Cl2N2O4/c1-23-19-25(20-24(2)30(23)42-3)31(39)38-18-12-33(22-38,27-9-10-28(35)29(36)21-27)11-15-37-16-13-34(14-17-37,32(40)41)26-7-5-4-6-8-26/h4-10,19-21H,11-18,22H2,1-3H3,(H,40,41). The number of hydrogen-bond donors (Lipinski definition) is 1. The molecular formula is C34H38Cl2N2O4. The van der Waals surface area contributed by atoms with Gasteiger partial charge in [-0.2, -0.15) is 0 Å². The predicted octanol–water partition coefficient (Wildman–Crippen LogP) is 6.91. The van der Waals surface area contributed by atoms with E-state index < -0.39 is 11.4 Å². The van der Waals surface area contributed by atoms with Gasteiger partial charge in [-0.25, -0.2) is 0 Å². The lowest BCUT2D eigenvalue weighted by atomic mass is 9.72. The van der Waals surface area contributed by atoms with Gasteiger partial charge in [-0.1, -0.05) is 59.6 Å². The Balaban J connectivity index is 1.35. The molecule has 8 heteroatoms. The minimum atomic E-state index is -0.857. The number of carboxylic acid groups (broad SMARTS) is 1. The highest BCUT2D eigenvalue weighted by molar-refractivity contribution is 6.42. The molecule has 0 spiro atoms. The molecule has 222 valence electrons. The number of amides is 1. The van der Waals surface area contributed by atoms with Gasteiger partial charge in [0.1, 0.15) is 5.75 Å². The van der Waals surface area contributed by atoms with Gasteiger partial charge in [0.25, 0.3) is 5.91 Å². The number of hydrogen-bond acceptors (Lipinski definition) is 4. The highest BCUT2D eigenvalue weighted by atomic mass is 35.5. The Hall–Kier alpha value is -3.06. The number of carbonyl (C=O) groups excluding carboxylic acids is 1. The van der Waals surface area contributed by atoms with Gasteiger partial charge in [-0.05, 0) is 106 Å². The van der Waals surface area contributed by atoms with Crippen LogP contribution in [-0.4, -0.2) is 66.6 Å². The molecule has 6 nitrogen and oxygen atoms in total. The number of methoxy groups -OCH3 is 1. The molecule has 2 aliphatic rings. The number of benzene rings is 3. The predicted molar refractivity (Wildman–Crippen MR) is 167 cm³/mol. The van der Waals surface area contributed by atoms with E-state index in [-0.39, 0.29) is 11.3 Å². The maximum absolute atomic E-state index is 13.7. The third kappa shape index (κ3) is 5.77. The van der Waals surface area contributed by atoms with Crippen LogP contribution in [-0.2, 0) is 15.6 Å². The fraction of sp³-hybridized carbons (Fsp3) is 0.412. The first-order valence-corrected chi connectivity index (χ1v) is 15.3. The quantitative estimate of drug-likeness (QED) is 0.301. The van der Waals surface area contributed by atoms with Crippen molar-refractivity contribution in [1.29, 1.82) is 0 Å². The Morgan fingerprint density at radius 3 is 2.14 bits per heavy atom.